The highest BCUT2D eigenvalue weighted by Crippen LogP contribution is 2.30. The number of alkyl halides is 3. The number of carbonyl (C=O) groups is 2. The van der Waals surface area contributed by atoms with Gasteiger partial charge in [0.2, 0.25) is 0 Å². The lowest BCUT2D eigenvalue weighted by atomic mass is 10.1. The molecule has 3 heterocycles. The third-order valence-corrected chi connectivity index (χ3v) is 4.91. The number of H-pyrrole nitrogens is 1. The molecule has 0 unspecified atom stereocenters. The van der Waals surface area contributed by atoms with Gasteiger partial charge in [-0.1, -0.05) is 13.8 Å². The molecule has 2 aromatic heterocycles. The van der Waals surface area contributed by atoms with E-state index in [2.05, 4.69) is 34.3 Å². The Labute approximate surface area is 177 Å². The molecule has 0 bridgehead atoms. The van der Waals surface area contributed by atoms with Gasteiger partial charge in [-0.05, 0) is 24.5 Å². The molecular formula is C19H24F3N7O2. The van der Waals surface area contributed by atoms with Crippen molar-refractivity contribution < 1.29 is 22.8 Å². The highest BCUT2D eigenvalue weighted by atomic mass is 19.4. The molecule has 2 amide bonds. The van der Waals surface area contributed by atoms with Gasteiger partial charge in [0.05, 0.1) is 6.33 Å². The van der Waals surface area contributed by atoms with Crippen molar-refractivity contribution in [3.05, 3.63) is 35.5 Å². The van der Waals surface area contributed by atoms with Crippen LogP contribution in [0.5, 0.6) is 0 Å². The van der Waals surface area contributed by atoms with Crippen LogP contribution in [0.1, 0.15) is 46.9 Å². The molecule has 12 heteroatoms. The predicted molar refractivity (Wildman–Crippen MR) is 106 cm³/mol. The summed E-state index contributed by atoms with van der Waals surface area (Å²) in [6.45, 7) is 5.85. The minimum absolute atomic E-state index is 0.208. The molecule has 0 radical (unpaired) electrons. The van der Waals surface area contributed by atoms with E-state index in [0.717, 1.165) is 12.7 Å². The van der Waals surface area contributed by atoms with Gasteiger partial charge < -0.3 is 20.1 Å². The number of piperazine rings is 1. The maximum Gasteiger partial charge on any atom is 0.433 e. The number of hydrogen-bond donors (Lipinski definition) is 2. The predicted octanol–water partition coefficient (Wildman–Crippen LogP) is 1.96. The van der Waals surface area contributed by atoms with E-state index in [4.69, 9.17) is 0 Å². The number of anilines is 1. The molecule has 0 aliphatic carbocycles. The van der Waals surface area contributed by atoms with Crippen molar-refractivity contribution in [3.8, 4) is 0 Å². The minimum atomic E-state index is -4.68. The van der Waals surface area contributed by atoms with Gasteiger partial charge in [-0.3, -0.25) is 9.59 Å². The molecule has 2 aromatic rings. The first-order valence-electron chi connectivity index (χ1n) is 9.93. The first kappa shape index (κ1) is 22.5. The summed E-state index contributed by atoms with van der Waals surface area (Å²) in [6, 6.07) is 3.24. The van der Waals surface area contributed by atoms with E-state index in [9.17, 15) is 22.8 Å². The summed E-state index contributed by atoms with van der Waals surface area (Å²) in [6.07, 6.45) is -2.95. The van der Waals surface area contributed by atoms with Gasteiger partial charge in [0.1, 0.15) is 0 Å². The van der Waals surface area contributed by atoms with Gasteiger partial charge in [0.25, 0.3) is 11.8 Å². The molecular weight excluding hydrogens is 415 g/mol. The standard InChI is InChI=1S/C19H24F3N7O2/c1-12(2)5-6-23-17(30)13-3-4-14(27-26-13)28-7-9-29(10-8-28)18(31)15-16(19(20,21)22)25-11-24-15/h3-4,11-12H,5-10H2,1-2H3,(H,23,30)(H,24,25). The van der Waals surface area contributed by atoms with E-state index < -0.39 is 23.5 Å². The van der Waals surface area contributed by atoms with Crippen molar-refractivity contribution >= 4 is 17.6 Å². The summed E-state index contributed by atoms with van der Waals surface area (Å²) in [5.74, 6) is -0.0590. The average Bonchev–Trinajstić information content (AvgIpc) is 3.24. The zero-order chi connectivity index (χ0) is 22.6. The van der Waals surface area contributed by atoms with Crippen LogP contribution in [0.15, 0.2) is 18.5 Å². The van der Waals surface area contributed by atoms with Crippen LogP contribution >= 0.6 is 0 Å². The number of rotatable bonds is 6. The number of aromatic nitrogens is 4. The van der Waals surface area contributed by atoms with Crippen LogP contribution in [0.2, 0.25) is 0 Å². The van der Waals surface area contributed by atoms with Gasteiger partial charge in [-0.15, -0.1) is 10.2 Å². The normalized spacial score (nSPS) is 14.8. The maximum absolute atomic E-state index is 13.0. The fourth-order valence-corrected chi connectivity index (χ4v) is 3.14. The molecule has 168 valence electrons. The van der Waals surface area contributed by atoms with Gasteiger partial charge in [-0.25, -0.2) is 4.98 Å². The third-order valence-electron chi connectivity index (χ3n) is 4.91. The van der Waals surface area contributed by atoms with E-state index >= 15 is 0 Å². The average molecular weight is 439 g/mol. The number of carbonyl (C=O) groups excluding carboxylic acids is 2. The smallest absolute Gasteiger partial charge is 0.352 e. The molecule has 0 aromatic carbocycles. The number of aromatic amines is 1. The molecule has 31 heavy (non-hydrogen) atoms. The monoisotopic (exact) mass is 439 g/mol. The van der Waals surface area contributed by atoms with E-state index in [1.807, 2.05) is 9.88 Å². The molecule has 3 rings (SSSR count). The number of hydrogen-bond acceptors (Lipinski definition) is 6. The Morgan fingerprint density at radius 2 is 1.87 bits per heavy atom. The molecule has 0 spiro atoms. The van der Waals surface area contributed by atoms with Crippen LogP contribution in [0.4, 0.5) is 19.0 Å². The van der Waals surface area contributed by atoms with E-state index in [-0.39, 0.29) is 24.7 Å². The lowest BCUT2D eigenvalue weighted by Gasteiger charge is -2.35. The summed E-state index contributed by atoms with van der Waals surface area (Å²) in [7, 11) is 0. The van der Waals surface area contributed by atoms with Crippen LogP contribution in [-0.2, 0) is 6.18 Å². The molecule has 9 nitrogen and oxygen atoms in total. The molecule has 2 N–H and O–H groups in total. The highest BCUT2D eigenvalue weighted by molar-refractivity contribution is 5.94. The van der Waals surface area contributed by atoms with E-state index in [1.54, 1.807) is 12.1 Å². The van der Waals surface area contributed by atoms with Crippen LogP contribution in [0.3, 0.4) is 0 Å². The summed E-state index contributed by atoms with van der Waals surface area (Å²) >= 11 is 0. The fourth-order valence-electron chi connectivity index (χ4n) is 3.14. The number of halogens is 3. The van der Waals surface area contributed by atoms with Crippen LogP contribution in [0, 0.1) is 5.92 Å². The Morgan fingerprint density at radius 3 is 2.45 bits per heavy atom. The van der Waals surface area contributed by atoms with Crippen LogP contribution < -0.4 is 10.2 Å². The van der Waals surface area contributed by atoms with Gasteiger partial charge in [0, 0.05) is 32.7 Å². The summed E-state index contributed by atoms with van der Waals surface area (Å²) in [5.41, 5.74) is -1.57. The Morgan fingerprint density at radius 1 is 1.16 bits per heavy atom. The summed E-state index contributed by atoms with van der Waals surface area (Å²) in [5, 5.41) is 10.8. The Hall–Kier alpha value is -3.18. The van der Waals surface area contributed by atoms with Crippen molar-refractivity contribution in [2.45, 2.75) is 26.4 Å². The second kappa shape index (κ2) is 9.31. The fraction of sp³-hybridized carbons (Fsp3) is 0.526. The topological polar surface area (TPSA) is 107 Å². The lowest BCUT2D eigenvalue weighted by molar-refractivity contribution is -0.141. The van der Waals surface area contributed by atoms with Gasteiger partial charge in [0.15, 0.2) is 22.9 Å². The van der Waals surface area contributed by atoms with Crippen LogP contribution in [-0.4, -0.2) is 69.6 Å². The van der Waals surface area contributed by atoms with E-state index in [0.29, 0.717) is 31.4 Å². The largest absolute Gasteiger partial charge is 0.433 e. The van der Waals surface area contributed by atoms with Crippen molar-refractivity contribution in [2.75, 3.05) is 37.6 Å². The highest BCUT2D eigenvalue weighted by Gasteiger charge is 2.39. The molecule has 1 aliphatic rings. The first-order chi connectivity index (χ1) is 14.7. The minimum Gasteiger partial charge on any atom is -0.352 e. The Kier molecular flexibility index (Phi) is 6.76. The molecule has 0 atom stereocenters. The quantitative estimate of drug-likeness (QED) is 0.713. The second-order valence-electron chi connectivity index (χ2n) is 7.62. The van der Waals surface area contributed by atoms with Crippen molar-refractivity contribution in [3.63, 3.8) is 0 Å². The summed E-state index contributed by atoms with van der Waals surface area (Å²) in [4.78, 5) is 33.3. The lowest BCUT2D eigenvalue weighted by Crippen LogP contribution is -2.49. The summed E-state index contributed by atoms with van der Waals surface area (Å²) < 4.78 is 39.0. The SMILES string of the molecule is CC(C)CCNC(=O)c1ccc(N2CCN(C(=O)c3nc[nH]c3C(F)(F)F)CC2)nn1. The van der Waals surface area contributed by atoms with Gasteiger partial charge in [-0.2, -0.15) is 13.2 Å². The second-order valence-corrected chi connectivity index (χ2v) is 7.62. The zero-order valence-electron chi connectivity index (χ0n) is 17.2. The molecule has 0 saturated carbocycles. The van der Waals surface area contributed by atoms with Crippen LogP contribution in [0.25, 0.3) is 0 Å². The number of nitrogens with one attached hydrogen (secondary N) is 2. The van der Waals surface area contributed by atoms with Crippen molar-refractivity contribution in [1.29, 1.82) is 0 Å². The molecule has 1 aliphatic heterocycles. The zero-order valence-corrected chi connectivity index (χ0v) is 17.2. The first-order valence-corrected chi connectivity index (χ1v) is 9.93. The van der Waals surface area contributed by atoms with Gasteiger partial charge >= 0.3 is 6.18 Å². The number of amides is 2. The number of nitrogens with zero attached hydrogens (tertiary/aromatic N) is 5. The molecule has 1 fully saturated rings. The van der Waals surface area contributed by atoms with E-state index in [1.165, 1.54) is 4.90 Å². The Bertz CT molecular complexity index is 904. The Balaban J connectivity index is 1.56. The van der Waals surface area contributed by atoms with Crippen molar-refractivity contribution in [1.82, 2.24) is 30.4 Å². The number of imidazole rings is 1. The maximum atomic E-state index is 13.0. The molecule has 1 saturated heterocycles. The van der Waals surface area contributed by atoms with Crippen molar-refractivity contribution in [2.24, 2.45) is 5.92 Å². The third kappa shape index (κ3) is 5.50.